The molecule has 0 spiro atoms. The van der Waals surface area contributed by atoms with Crippen LogP contribution in [-0.2, 0) is 6.67 Å². The molecule has 0 radical (unpaired) electrons. The van der Waals surface area contributed by atoms with E-state index in [1.54, 1.807) is 16.9 Å². The number of piperazine rings is 1. The summed E-state index contributed by atoms with van der Waals surface area (Å²) in [5.41, 5.74) is 1.52. The summed E-state index contributed by atoms with van der Waals surface area (Å²) in [6, 6.07) is 13.5. The van der Waals surface area contributed by atoms with E-state index in [1.807, 2.05) is 30.3 Å². The molecule has 2 aromatic heterocycles. The predicted molar refractivity (Wildman–Crippen MR) is 111 cm³/mol. The van der Waals surface area contributed by atoms with Crippen molar-refractivity contribution in [2.75, 3.05) is 31.1 Å². The Morgan fingerprint density at radius 2 is 1.89 bits per heavy atom. The SMILES string of the molecule is N#Cc1ccnc(N2CCN(Cn3nc(-c4ccc(Br)cc4)oc3=S)CC2)c1. The summed E-state index contributed by atoms with van der Waals surface area (Å²) >= 11 is 8.77. The van der Waals surface area contributed by atoms with Gasteiger partial charge in [0.15, 0.2) is 0 Å². The summed E-state index contributed by atoms with van der Waals surface area (Å²) in [5, 5.41) is 13.6. The van der Waals surface area contributed by atoms with Crippen molar-refractivity contribution >= 4 is 34.0 Å². The Hall–Kier alpha value is -2.54. The molecular formula is C19H17BrN6OS. The van der Waals surface area contributed by atoms with E-state index in [4.69, 9.17) is 21.9 Å². The Kier molecular flexibility index (Phi) is 5.52. The quantitative estimate of drug-likeness (QED) is 0.554. The van der Waals surface area contributed by atoms with Crippen LogP contribution in [0.3, 0.4) is 0 Å². The van der Waals surface area contributed by atoms with E-state index in [1.165, 1.54) is 0 Å². The van der Waals surface area contributed by atoms with Gasteiger partial charge < -0.3 is 9.32 Å². The van der Waals surface area contributed by atoms with Crippen molar-refractivity contribution in [2.45, 2.75) is 6.67 Å². The monoisotopic (exact) mass is 456 g/mol. The summed E-state index contributed by atoms with van der Waals surface area (Å²) in [6.07, 6.45) is 1.68. The van der Waals surface area contributed by atoms with Crippen LogP contribution in [0.2, 0.25) is 0 Å². The number of pyridine rings is 1. The molecule has 0 unspecified atom stereocenters. The van der Waals surface area contributed by atoms with Crippen molar-refractivity contribution in [3.63, 3.8) is 0 Å². The number of benzene rings is 1. The Labute approximate surface area is 175 Å². The van der Waals surface area contributed by atoms with Crippen molar-refractivity contribution in [2.24, 2.45) is 0 Å². The zero-order valence-electron chi connectivity index (χ0n) is 15.0. The van der Waals surface area contributed by atoms with E-state index in [0.717, 1.165) is 42.0 Å². The normalized spacial score (nSPS) is 14.8. The van der Waals surface area contributed by atoms with Crippen LogP contribution in [0.4, 0.5) is 5.82 Å². The van der Waals surface area contributed by atoms with Crippen molar-refractivity contribution in [1.29, 1.82) is 5.26 Å². The zero-order chi connectivity index (χ0) is 19.5. The third kappa shape index (κ3) is 4.14. The van der Waals surface area contributed by atoms with E-state index in [-0.39, 0.29) is 0 Å². The number of nitriles is 1. The lowest BCUT2D eigenvalue weighted by molar-refractivity contribution is 0.192. The molecule has 142 valence electrons. The largest absolute Gasteiger partial charge is 0.409 e. The topological polar surface area (TPSA) is 74.1 Å². The number of halogens is 1. The summed E-state index contributed by atoms with van der Waals surface area (Å²) in [7, 11) is 0. The average Bonchev–Trinajstić information content (AvgIpc) is 3.09. The van der Waals surface area contributed by atoms with Crippen LogP contribution in [-0.4, -0.2) is 45.8 Å². The van der Waals surface area contributed by atoms with Gasteiger partial charge in [0.1, 0.15) is 5.82 Å². The van der Waals surface area contributed by atoms with Crippen molar-refractivity contribution in [1.82, 2.24) is 19.7 Å². The second-order valence-electron chi connectivity index (χ2n) is 6.44. The highest BCUT2D eigenvalue weighted by atomic mass is 79.9. The molecule has 3 aromatic rings. The lowest BCUT2D eigenvalue weighted by Gasteiger charge is -2.35. The smallest absolute Gasteiger partial charge is 0.288 e. The van der Waals surface area contributed by atoms with Crippen LogP contribution in [0.1, 0.15) is 5.56 Å². The van der Waals surface area contributed by atoms with Gasteiger partial charge in [-0.05, 0) is 48.6 Å². The number of aromatic nitrogens is 3. The van der Waals surface area contributed by atoms with Crippen LogP contribution in [0, 0.1) is 16.2 Å². The molecule has 0 amide bonds. The van der Waals surface area contributed by atoms with Crippen LogP contribution in [0.5, 0.6) is 0 Å². The zero-order valence-corrected chi connectivity index (χ0v) is 17.4. The molecule has 0 saturated carbocycles. The maximum Gasteiger partial charge on any atom is 0.288 e. The Morgan fingerprint density at radius 3 is 2.61 bits per heavy atom. The molecule has 0 N–H and O–H groups in total. The molecule has 1 fully saturated rings. The van der Waals surface area contributed by atoms with Gasteiger partial charge in [-0.2, -0.15) is 5.26 Å². The predicted octanol–water partition coefficient (Wildman–Crippen LogP) is 3.68. The lowest BCUT2D eigenvalue weighted by atomic mass is 10.2. The first-order valence-electron chi connectivity index (χ1n) is 8.80. The second kappa shape index (κ2) is 8.22. The van der Waals surface area contributed by atoms with Crippen LogP contribution in [0.15, 0.2) is 51.5 Å². The molecule has 0 aliphatic carbocycles. The first kappa shape index (κ1) is 18.8. The van der Waals surface area contributed by atoms with Gasteiger partial charge in [-0.1, -0.05) is 15.9 Å². The number of anilines is 1. The standard InChI is InChI=1S/C19H17BrN6OS/c20-16-3-1-15(2-4-16)18-23-26(19(28)27-18)13-24-7-9-25(10-8-24)17-11-14(12-21)5-6-22-17/h1-6,11H,7-10,13H2. The Balaban J connectivity index is 1.40. The van der Waals surface area contributed by atoms with Crippen LogP contribution >= 0.6 is 28.1 Å². The minimum atomic E-state index is 0.365. The van der Waals surface area contributed by atoms with Gasteiger partial charge >= 0.3 is 0 Å². The minimum Gasteiger partial charge on any atom is -0.409 e. The molecule has 3 heterocycles. The molecule has 1 saturated heterocycles. The Bertz CT molecular complexity index is 1060. The van der Waals surface area contributed by atoms with Gasteiger partial charge in [-0.15, -0.1) is 5.10 Å². The maximum absolute atomic E-state index is 9.06. The van der Waals surface area contributed by atoms with Gasteiger partial charge in [0.2, 0.25) is 5.89 Å². The summed E-state index contributed by atoms with van der Waals surface area (Å²) in [5.74, 6) is 1.36. The molecule has 1 aromatic carbocycles. The average molecular weight is 457 g/mol. The molecule has 9 heteroatoms. The molecule has 4 rings (SSSR count). The lowest BCUT2D eigenvalue weighted by Crippen LogP contribution is -2.47. The maximum atomic E-state index is 9.06. The van der Waals surface area contributed by atoms with E-state index >= 15 is 0 Å². The fraction of sp³-hybridized carbons (Fsp3) is 0.263. The highest BCUT2D eigenvalue weighted by Crippen LogP contribution is 2.21. The first-order chi connectivity index (χ1) is 13.6. The van der Waals surface area contributed by atoms with Gasteiger partial charge in [-0.25, -0.2) is 9.67 Å². The number of nitrogens with zero attached hydrogens (tertiary/aromatic N) is 6. The van der Waals surface area contributed by atoms with Gasteiger partial charge in [-0.3, -0.25) is 4.90 Å². The van der Waals surface area contributed by atoms with Crippen molar-refractivity contribution < 1.29 is 4.42 Å². The summed E-state index contributed by atoms with van der Waals surface area (Å²) in [6.45, 7) is 3.93. The Morgan fingerprint density at radius 1 is 1.14 bits per heavy atom. The second-order valence-corrected chi connectivity index (χ2v) is 7.71. The molecule has 1 aliphatic heterocycles. The molecule has 0 bridgehead atoms. The van der Waals surface area contributed by atoms with Crippen molar-refractivity contribution in [3.8, 4) is 17.5 Å². The number of rotatable bonds is 4. The fourth-order valence-corrected chi connectivity index (χ4v) is 3.52. The van der Waals surface area contributed by atoms with E-state index in [0.29, 0.717) is 23.0 Å². The van der Waals surface area contributed by atoms with Gasteiger partial charge in [0.05, 0.1) is 18.3 Å². The molecule has 7 nitrogen and oxygen atoms in total. The van der Waals surface area contributed by atoms with E-state index < -0.39 is 0 Å². The number of hydrogen-bond acceptors (Lipinski definition) is 7. The minimum absolute atomic E-state index is 0.365. The fourth-order valence-electron chi connectivity index (χ4n) is 3.07. The van der Waals surface area contributed by atoms with Gasteiger partial charge in [0, 0.05) is 42.4 Å². The molecule has 28 heavy (non-hydrogen) atoms. The van der Waals surface area contributed by atoms with Crippen molar-refractivity contribution in [3.05, 3.63) is 57.5 Å². The third-order valence-electron chi connectivity index (χ3n) is 4.60. The molecule has 1 aliphatic rings. The summed E-state index contributed by atoms with van der Waals surface area (Å²) < 4.78 is 8.39. The van der Waals surface area contributed by atoms with Crippen LogP contribution < -0.4 is 4.90 Å². The molecular weight excluding hydrogens is 440 g/mol. The van der Waals surface area contributed by atoms with Crippen LogP contribution in [0.25, 0.3) is 11.5 Å². The highest BCUT2D eigenvalue weighted by Gasteiger charge is 2.20. The van der Waals surface area contributed by atoms with Gasteiger partial charge in [0.25, 0.3) is 4.84 Å². The van der Waals surface area contributed by atoms with E-state index in [2.05, 4.69) is 41.9 Å². The highest BCUT2D eigenvalue weighted by molar-refractivity contribution is 9.10. The summed E-state index contributed by atoms with van der Waals surface area (Å²) in [4.78, 5) is 9.20. The number of hydrogen-bond donors (Lipinski definition) is 0. The van der Waals surface area contributed by atoms with E-state index in [9.17, 15) is 0 Å². The molecule has 0 atom stereocenters. The first-order valence-corrected chi connectivity index (χ1v) is 10.00. The third-order valence-corrected chi connectivity index (χ3v) is 5.43.